The number of likely N-dealkylation sites (tertiary alicyclic amines) is 1. The van der Waals surface area contributed by atoms with Crippen LogP contribution >= 0.6 is 0 Å². The van der Waals surface area contributed by atoms with Gasteiger partial charge in [0.2, 0.25) is 0 Å². The molecule has 2 heterocycles. The summed E-state index contributed by atoms with van der Waals surface area (Å²) in [6, 6.07) is 1.53. The summed E-state index contributed by atoms with van der Waals surface area (Å²) in [5.74, 6) is 1.74. The van der Waals surface area contributed by atoms with Gasteiger partial charge in [-0.1, -0.05) is 34.1 Å². The number of hydrogen-bond acceptors (Lipinski definition) is 2. The molecule has 94 valence electrons. The summed E-state index contributed by atoms with van der Waals surface area (Å²) >= 11 is 0. The number of nitrogens with zero attached hydrogens (tertiary/aromatic N) is 2. The lowest BCUT2D eigenvalue weighted by Gasteiger charge is -2.39. The Balaban J connectivity index is 2.35. The fraction of sp³-hybridized carbons (Fsp3) is 1.00. The Labute approximate surface area is 101 Å². The van der Waals surface area contributed by atoms with Crippen molar-refractivity contribution in [2.45, 2.75) is 46.2 Å². The predicted molar refractivity (Wildman–Crippen MR) is 69.6 cm³/mol. The van der Waals surface area contributed by atoms with Gasteiger partial charge in [0, 0.05) is 25.2 Å². The number of fused-ring (bicyclic) bond motifs is 2. The summed E-state index contributed by atoms with van der Waals surface area (Å²) in [6.45, 7) is 12.2. The molecule has 2 aliphatic rings. The van der Waals surface area contributed by atoms with Crippen LogP contribution in [-0.2, 0) is 0 Å². The highest BCUT2D eigenvalue weighted by Crippen LogP contribution is 2.46. The standard InChI is InChI=1S/C14H28N2/c1-7-11-10(2)13-14(3,4)9-15(5)8-12(11)16(13)6/h10-13H,7-9H2,1-6H3. The third-order valence-electron chi connectivity index (χ3n) is 5.08. The second-order valence-corrected chi connectivity index (χ2v) is 6.79. The van der Waals surface area contributed by atoms with E-state index in [-0.39, 0.29) is 0 Å². The fourth-order valence-electron chi connectivity index (χ4n) is 4.81. The molecule has 16 heavy (non-hydrogen) atoms. The Morgan fingerprint density at radius 3 is 2.44 bits per heavy atom. The molecule has 0 spiro atoms. The highest BCUT2D eigenvalue weighted by Gasteiger charge is 2.52. The third-order valence-corrected chi connectivity index (χ3v) is 5.08. The lowest BCUT2D eigenvalue weighted by molar-refractivity contribution is 0.108. The van der Waals surface area contributed by atoms with Gasteiger partial charge in [-0.2, -0.15) is 0 Å². The fourth-order valence-corrected chi connectivity index (χ4v) is 4.81. The summed E-state index contributed by atoms with van der Waals surface area (Å²) in [5.41, 5.74) is 0.418. The molecule has 0 aromatic heterocycles. The van der Waals surface area contributed by atoms with E-state index in [4.69, 9.17) is 0 Å². The number of hydrogen-bond donors (Lipinski definition) is 0. The maximum absolute atomic E-state index is 2.68. The molecule has 0 amide bonds. The maximum Gasteiger partial charge on any atom is 0.0254 e. The lowest BCUT2D eigenvalue weighted by Crippen LogP contribution is -2.45. The molecule has 2 fully saturated rings. The first-order valence-electron chi connectivity index (χ1n) is 6.79. The van der Waals surface area contributed by atoms with E-state index in [0.29, 0.717) is 5.41 Å². The molecule has 4 atom stereocenters. The van der Waals surface area contributed by atoms with Gasteiger partial charge in [0.25, 0.3) is 0 Å². The Kier molecular flexibility index (Phi) is 3.09. The Morgan fingerprint density at radius 2 is 1.88 bits per heavy atom. The van der Waals surface area contributed by atoms with Gasteiger partial charge in [-0.15, -0.1) is 0 Å². The van der Waals surface area contributed by atoms with Gasteiger partial charge < -0.3 is 4.90 Å². The molecule has 2 rings (SSSR count). The molecule has 0 saturated carbocycles. The van der Waals surface area contributed by atoms with E-state index >= 15 is 0 Å². The van der Waals surface area contributed by atoms with Crippen LogP contribution in [-0.4, -0.2) is 49.1 Å². The molecule has 4 unspecified atom stereocenters. The number of likely N-dealkylation sites (N-methyl/N-ethyl adjacent to an activating group) is 2. The molecule has 0 aromatic carbocycles. The van der Waals surface area contributed by atoms with Crippen molar-refractivity contribution >= 4 is 0 Å². The molecular formula is C14H28N2. The van der Waals surface area contributed by atoms with Crippen LogP contribution in [0, 0.1) is 17.3 Å². The van der Waals surface area contributed by atoms with Crippen molar-refractivity contribution in [1.82, 2.24) is 9.80 Å². The average Bonchev–Trinajstić information content (AvgIpc) is 2.32. The Morgan fingerprint density at radius 1 is 1.25 bits per heavy atom. The molecule has 0 radical (unpaired) electrons. The van der Waals surface area contributed by atoms with Gasteiger partial charge in [0.1, 0.15) is 0 Å². The quantitative estimate of drug-likeness (QED) is 0.674. The molecule has 0 aromatic rings. The van der Waals surface area contributed by atoms with Crippen molar-refractivity contribution in [1.29, 1.82) is 0 Å². The van der Waals surface area contributed by atoms with E-state index in [9.17, 15) is 0 Å². The summed E-state index contributed by atoms with van der Waals surface area (Å²) in [7, 11) is 4.64. The Bertz CT molecular complexity index is 261. The molecule has 2 nitrogen and oxygen atoms in total. The molecular weight excluding hydrogens is 196 g/mol. The third kappa shape index (κ3) is 1.70. The smallest absolute Gasteiger partial charge is 0.0254 e. The van der Waals surface area contributed by atoms with Gasteiger partial charge in [0.05, 0.1) is 0 Å². The molecule has 0 N–H and O–H groups in total. The highest BCUT2D eigenvalue weighted by molar-refractivity contribution is 5.05. The zero-order chi connectivity index (χ0) is 12.1. The van der Waals surface area contributed by atoms with Crippen LogP contribution in [0.2, 0.25) is 0 Å². The summed E-state index contributed by atoms with van der Waals surface area (Å²) in [4.78, 5) is 5.22. The number of rotatable bonds is 1. The molecule has 2 bridgehead atoms. The van der Waals surface area contributed by atoms with Crippen LogP contribution in [0.25, 0.3) is 0 Å². The zero-order valence-corrected chi connectivity index (χ0v) is 11.8. The van der Waals surface area contributed by atoms with Crippen molar-refractivity contribution in [3.8, 4) is 0 Å². The average molecular weight is 224 g/mol. The second kappa shape index (κ2) is 3.99. The van der Waals surface area contributed by atoms with Gasteiger partial charge >= 0.3 is 0 Å². The molecule has 2 heteroatoms. The maximum atomic E-state index is 2.68. The van der Waals surface area contributed by atoms with Gasteiger partial charge in [-0.05, 0) is 31.3 Å². The summed E-state index contributed by atoms with van der Waals surface area (Å²) in [6.07, 6.45) is 1.33. The van der Waals surface area contributed by atoms with E-state index in [1.807, 2.05) is 0 Å². The van der Waals surface area contributed by atoms with Gasteiger partial charge in [-0.3, -0.25) is 4.90 Å². The summed E-state index contributed by atoms with van der Waals surface area (Å²) in [5, 5.41) is 0. The molecule has 0 aliphatic carbocycles. The van der Waals surface area contributed by atoms with Crippen molar-refractivity contribution in [3.63, 3.8) is 0 Å². The first-order chi connectivity index (χ1) is 7.38. The largest absolute Gasteiger partial charge is 0.304 e. The minimum Gasteiger partial charge on any atom is -0.304 e. The monoisotopic (exact) mass is 224 g/mol. The van der Waals surface area contributed by atoms with Crippen LogP contribution in [0.3, 0.4) is 0 Å². The second-order valence-electron chi connectivity index (χ2n) is 6.79. The van der Waals surface area contributed by atoms with E-state index in [1.165, 1.54) is 19.5 Å². The van der Waals surface area contributed by atoms with Crippen LogP contribution < -0.4 is 0 Å². The minimum absolute atomic E-state index is 0.418. The first kappa shape index (κ1) is 12.4. The predicted octanol–water partition coefficient (Wildman–Crippen LogP) is 2.30. The van der Waals surface area contributed by atoms with Crippen molar-refractivity contribution < 1.29 is 0 Å². The normalized spacial score (nSPS) is 44.6. The first-order valence-corrected chi connectivity index (χ1v) is 6.79. The van der Waals surface area contributed by atoms with Gasteiger partial charge in [0.15, 0.2) is 0 Å². The lowest BCUT2D eigenvalue weighted by atomic mass is 9.73. The van der Waals surface area contributed by atoms with Gasteiger partial charge in [-0.25, -0.2) is 0 Å². The van der Waals surface area contributed by atoms with Crippen molar-refractivity contribution in [3.05, 3.63) is 0 Å². The van der Waals surface area contributed by atoms with Crippen molar-refractivity contribution in [2.24, 2.45) is 17.3 Å². The van der Waals surface area contributed by atoms with E-state index in [1.54, 1.807) is 0 Å². The minimum atomic E-state index is 0.418. The van der Waals surface area contributed by atoms with E-state index in [2.05, 4.69) is 51.6 Å². The van der Waals surface area contributed by atoms with E-state index < -0.39 is 0 Å². The molecule has 2 aliphatic heterocycles. The highest BCUT2D eigenvalue weighted by atomic mass is 15.3. The van der Waals surface area contributed by atoms with Crippen molar-refractivity contribution in [2.75, 3.05) is 27.2 Å². The Hall–Kier alpha value is -0.0800. The van der Waals surface area contributed by atoms with E-state index in [0.717, 1.165) is 23.9 Å². The van der Waals surface area contributed by atoms with Crippen LogP contribution in [0.1, 0.15) is 34.1 Å². The molecule has 2 saturated heterocycles. The zero-order valence-electron chi connectivity index (χ0n) is 11.8. The topological polar surface area (TPSA) is 6.48 Å². The van der Waals surface area contributed by atoms with Crippen LogP contribution in [0.15, 0.2) is 0 Å². The van der Waals surface area contributed by atoms with Crippen LogP contribution in [0.5, 0.6) is 0 Å². The van der Waals surface area contributed by atoms with Crippen LogP contribution in [0.4, 0.5) is 0 Å². The SMILES string of the molecule is CCC1C(C)C2N(C)C1CN(C)CC2(C)C. The summed E-state index contributed by atoms with van der Waals surface area (Å²) < 4.78 is 0.